The lowest BCUT2D eigenvalue weighted by molar-refractivity contribution is -0.149. The number of ether oxygens (including phenoxy) is 2. The van der Waals surface area contributed by atoms with Crippen LogP contribution in [0.3, 0.4) is 0 Å². The van der Waals surface area contributed by atoms with E-state index in [0.717, 1.165) is 0 Å². The number of alkyl halides is 1. The zero-order valence-electron chi connectivity index (χ0n) is 22.0. The Balaban J connectivity index is 1.62. The Morgan fingerprint density at radius 1 is 1.37 bits per heavy atom. The number of benzene rings is 1. The molecule has 0 spiro atoms. The maximum Gasteiger partial charge on any atom is 0.459 e. The Kier molecular flexibility index (Phi) is 9.30. The first-order chi connectivity index (χ1) is 19.4. The van der Waals surface area contributed by atoms with Crippen LogP contribution in [0.1, 0.15) is 27.0 Å². The molecule has 0 aliphatic carbocycles. The van der Waals surface area contributed by atoms with Gasteiger partial charge in [-0.15, -0.1) is 0 Å². The zero-order chi connectivity index (χ0) is 29.9. The molecule has 1 fully saturated rings. The quantitative estimate of drug-likeness (QED) is 0.111. The Hall–Kier alpha value is -3.15. The van der Waals surface area contributed by atoms with Crippen LogP contribution >= 0.6 is 30.9 Å². The summed E-state index contributed by atoms with van der Waals surface area (Å²) in [6, 6.07) is 7.00. The van der Waals surface area contributed by atoms with Gasteiger partial charge < -0.3 is 24.8 Å². The maximum absolute atomic E-state index is 13.8. The van der Waals surface area contributed by atoms with E-state index in [-0.39, 0.29) is 22.9 Å². The number of fused-ring (bicyclic) bond motifs is 1. The molecule has 0 radical (unpaired) electrons. The lowest BCUT2D eigenvalue weighted by atomic mass is 9.99. The van der Waals surface area contributed by atoms with Gasteiger partial charge in [0.1, 0.15) is 24.0 Å². The minimum absolute atomic E-state index is 0.00338. The van der Waals surface area contributed by atoms with Crippen molar-refractivity contribution < 1.29 is 33.0 Å². The summed E-state index contributed by atoms with van der Waals surface area (Å²) in [5.41, 5.74) is 5.02. The molecule has 3 heterocycles. The molecular formula is C24H27Cl2N6O8P. The highest BCUT2D eigenvalue weighted by atomic mass is 35.5. The molecule has 1 saturated heterocycles. The second kappa shape index (κ2) is 12.4. The van der Waals surface area contributed by atoms with Crippen molar-refractivity contribution in [2.75, 3.05) is 12.3 Å². The number of aromatic amines is 1. The molecule has 2 unspecified atom stereocenters. The first-order valence-corrected chi connectivity index (χ1v) is 14.5. The average Bonchev–Trinajstić information content (AvgIpc) is 3.42. The molecule has 1 aliphatic heterocycles. The van der Waals surface area contributed by atoms with Crippen LogP contribution in [-0.4, -0.2) is 66.4 Å². The molecule has 1 aromatic carbocycles. The fraction of sp³-hybridized carbons (Fsp3) is 0.417. The van der Waals surface area contributed by atoms with Crippen LogP contribution in [0.25, 0.3) is 11.2 Å². The number of nitrogens with one attached hydrogen (secondary N) is 2. The van der Waals surface area contributed by atoms with Crippen molar-refractivity contribution in [3.8, 4) is 17.0 Å². The van der Waals surface area contributed by atoms with Gasteiger partial charge in [-0.05, 0) is 44.5 Å². The SMILES string of the molecule is CC(C)OC(=O)[C@H](C)NP(=O)(OC[C@H]1O[C@@H](n2cnc3c(=O)[nH]c(N)nc32)C(Cl)(C#CCl)[C@H]1O)Oc1ccccc1. The predicted molar refractivity (Wildman–Crippen MR) is 149 cm³/mol. The second-order valence-corrected chi connectivity index (χ2v) is 11.8. The highest BCUT2D eigenvalue weighted by molar-refractivity contribution is 7.52. The first-order valence-electron chi connectivity index (χ1n) is 12.2. The maximum atomic E-state index is 13.8. The van der Waals surface area contributed by atoms with Crippen LogP contribution < -0.4 is 20.9 Å². The molecule has 0 saturated carbocycles. The first kappa shape index (κ1) is 30.8. The van der Waals surface area contributed by atoms with Crippen LogP contribution in [0, 0.1) is 11.3 Å². The van der Waals surface area contributed by atoms with E-state index in [0.29, 0.717) is 0 Å². The number of rotatable bonds is 10. The number of esters is 1. The van der Waals surface area contributed by atoms with Gasteiger partial charge in [-0.25, -0.2) is 9.55 Å². The molecule has 41 heavy (non-hydrogen) atoms. The van der Waals surface area contributed by atoms with Crippen molar-refractivity contribution >= 4 is 54.0 Å². The topological polar surface area (TPSA) is 193 Å². The minimum atomic E-state index is -4.30. The fourth-order valence-corrected chi connectivity index (χ4v) is 6.03. The summed E-state index contributed by atoms with van der Waals surface area (Å²) in [5.74, 6) is 1.81. The molecule has 4 rings (SSSR count). The standard InChI is InChI=1S/C24H27Cl2N6O8P/c1-13(2)38-21(35)14(3)31-41(36,40-15-7-5-4-6-8-15)37-11-16-18(33)24(26,9-10-25)22(39-16)32-12-28-17-19(32)29-23(27)30-20(17)34/h4-8,12-14,16,18,22,33H,11H2,1-3H3,(H,31,36)(H3,27,29,30,34)/t14-,16+,18-,22+,24?,41?/m0/s1. The van der Waals surface area contributed by atoms with Crippen molar-refractivity contribution in [2.24, 2.45) is 0 Å². The van der Waals surface area contributed by atoms with Gasteiger partial charge in [-0.2, -0.15) is 10.1 Å². The van der Waals surface area contributed by atoms with Crippen molar-refractivity contribution in [3.05, 3.63) is 47.0 Å². The largest absolute Gasteiger partial charge is 0.462 e. The Labute approximate surface area is 244 Å². The molecule has 6 atom stereocenters. The molecule has 14 nitrogen and oxygen atoms in total. The molecule has 2 aromatic heterocycles. The van der Waals surface area contributed by atoms with Gasteiger partial charge in [0.25, 0.3) is 5.56 Å². The Morgan fingerprint density at radius 3 is 2.73 bits per heavy atom. The number of aliphatic hydroxyl groups is 1. The van der Waals surface area contributed by atoms with E-state index >= 15 is 0 Å². The van der Waals surface area contributed by atoms with Crippen LogP contribution in [-0.2, 0) is 23.4 Å². The van der Waals surface area contributed by atoms with E-state index in [1.165, 1.54) is 30.0 Å². The summed E-state index contributed by atoms with van der Waals surface area (Å²) in [4.78, 5) is 33.2. The number of H-pyrrole nitrogens is 1. The third-order valence-corrected chi connectivity index (χ3v) is 8.07. The van der Waals surface area contributed by atoms with Gasteiger partial charge in [0, 0.05) is 5.38 Å². The number of anilines is 1. The number of nitrogens with two attached hydrogens (primary N) is 1. The Bertz CT molecular complexity index is 1570. The van der Waals surface area contributed by atoms with Crippen LogP contribution in [0.5, 0.6) is 5.75 Å². The van der Waals surface area contributed by atoms with Crippen molar-refractivity contribution in [3.63, 3.8) is 0 Å². The fourth-order valence-electron chi connectivity index (χ4n) is 3.98. The predicted octanol–water partition coefficient (Wildman–Crippen LogP) is 2.27. The van der Waals surface area contributed by atoms with E-state index in [2.05, 4.69) is 31.3 Å². The van der Waals surface area contributed by atoms with Gasteiger partial charge in [-0.1, -0.05) is 35.7 Å². The van der Waals surface area contributed by atoms with E-state index in [9.17, 15) is 19.3 Å². The van der Waals surface area contributed by atoms with Gasteiger partial charge >= 0.3 is 13.7 Å². The van der Waals surface area contributed by atoms with Crippen LogP contribution in [0.4, 0.5) is 5.95 Å². The summed E-state index contributed by atoms with van der Waals surface area (Å²) < 4.78 is 37.5. The summed E-state index contributed by atoms with van der Waals surface area (Å²) in [6.07, 6.45) is -3.35. The lowest BCUT2D eigenvalue weighted by Crippen LogP contribution is -2.42. The third kappa shape index (κ3) is 6.68. The molecule has 1 aliphatic rings. The Morgan fingerprint density at radius 2 is 2.07 bits per heavy atom. The summed E-state index contributed by atoms with van der Waals surface area (Å²) in [6.45, 7) is 4.21. The zero-order valence-corrected chi connectivity index (χ0v) is 24.4. The van der Waals surface area contributed by atoms with Crippen LogP contribution in [0.2, 0.25) is 0 Å². The smallest absolute Gasteiger partial charge is 0.459 e. The van der Waals surface area contributed by atoms with E-state index in [1.54, 1.807) is 32.0 Å². The van der Waals surface area contributed by atoms with E-state index in [4.69, 9.17) is 47.5 Å². The van der Waals surface area contributed by atoms with Gasteiger partial charge in [0.15, 0.2) is 22.3 Å². The summed E-state index contributed by atoms with van der Waals surface area (Å²) >= 11 is 12.4. The number of imidazole rings is 1. The number of carbonyl (C=O) groups excluding carboxylic acids is 1. The highest BCUT2D eigenvalue weighted by Gasteiger charge is 2.57. The molecule has 0 amide bonds. The van der Waals surface area contributed by atoms with Gasteiger partial charge in [0.05, 0.1) is 19.0 Å². The minimum Gasteiger partial charge on any atom is -0.462 e. The lowest BCUT2D eigenvalue weighted by Gasteiger charge is -2.26. The number of nitrogen functional groups attached to an aromatic ring is 1. The molecular weight excluding hydrogens is 602 g/mol. The molecule has 220 valence electrons. The molecule has 17 heteroatoms. The van der Waals surface area contributed by atoms with Crippen molar-refractivity contribution in [1.82, 2.24) is 24.6 Å². The number of halogens is 2. The van der Waals surface area contributed by atoms with Crippen molar-refractivity contribution in [1.29, 1.82) is 0 Å². The van der Waals surface area contributed by atoms with E-state index < -0.39 is 61.3 Å². The summed E-state index contributed by atoms with van der Waals surface area (Å²) in [7, 11) is -4.30. The molecule has 0 bridgehead atoms. The number of para-hydroxylation sites is 1. The monoisotopic (exact) mass is 628 g/mol. The molecule has 5 N–H and O–H groups in total. The summed E-state index contributed by atoms with van der Waals surface area (Å²) in [5, 5.41) is 15.9. The molecule has 3 aromatic rings. The van der Waals surface area contributed by atoms with Gasteiger partial charge in [0.2, 0.25) is 5.95 Å². The normalized spacial score (nSPS) is 24.4. The number of hydrogen-bond donors (Lipinski definition) is 4. The number of aliphatic hydroxyl groups excluding tert-OH is 1. The number of hydrogen-bond acceptors (Lipinski definition) is 11. The third-order valence-electron chi connectivity index (χ3n) is 5.82. The second-order valence-electron chi connectivity index (χ2n) is 9.27. The average molecular weight is 629 g/mol. The number of aromatic nitrogens is 4. The highest BCUT2D eigenvalue weighted by Crippen LogP contribution is 2.48. The van der Waals surface area contributed by atoms with E-state index in [1.807, 2.05) is 0 Å². The van der Waals surface area contributed by atoms with Crippen LogP contribution in [0.15, 0.2) is 41.5 Å². The number of carbonyl (C=O) groups is 1. The van der Waals surface area contributed by atoms with Gasteiger partial charge in [-0.3, -0.25) is 23.7 Å². The van der Waals surface area contributed by atoms with Crippen molar-refractivity contribution in [2.45, 2.75) is 56.2 Å². The number of nitrogens with zero attached hydrogens (tertiary/aromatic N) is 3.